The van der Waals surface area contributed by atoms with E-state index in [0.29, 0.717) is 24.9 Å². The summed E-state index contributed by atoms with van der Waals surface area (Å²) in [5, 5.41) is 0. The molecule has 5 nitrogen and oxygen atoms in total. The molecule has 2 heterocycles. The van der Waals surface area contributed by atoms with Crippen molar-refractivity contribution < 1.29 is 14.0 Å². The normalized spacial score (nSPS) is 21.1. The van der Waals surface area contributed by atoms with Crippen LogP contribution in [0.4, 0.5) is 4.39 Å². The fourth-order valence-corrected chi connectivity index (χ4v) is 4.41. The Labute approximate surface area is 173 Å². The number of halogens is 1. The lowest BCUT2D eigenvalue weighted by atomic mass is 9.95. The molecule has 1 aromatic rings. The Kier molecular flexibility index (Phi) is 8.04. The number of carbonyl (C=O) groups is 2. The highest BCUT2D eigenvalue weighted by atomic mass is 19.1. The van der Waals surface area contributed by atoms with Crippen LogP contribution in [0.5, 0.6) is 0 Å². The third kappa shape index (κ3) is 6.26. The highest BCUT2D eigenvalue weighted by Gasteiger charge is 2.32. The quantitative estimate of drug-likeness (QED) is 0.702. The van der Waals surface area contributed by atoms with E-state index in [0.717, 1.165) is 19.5 Å². The third-order valence-corrected chi connectivity index (χ3v) is 6.21. The summed E-state index contributed by atoms with van der Waals surface area (Å²) in [5.41, 5.74) is 0.500. The third-order valence-electron chi connectivity index (χ3n) is 6.21. The summed E-state index contributed by atoms with van der Waals surface area (Å²) in [6.07, 6.45) is 7.14. The van der Waals surface area contributed by atoms with E-state index in [4.69, 9.17) is 0 Å². The van der Waals surface area contributed by atoms with Crippen molar-refractivity contribution in [1.82, 2.24) is 14.7 Å². The maximum absolute atomic E-state index is 14.0. The summed E-state index contributed by atoms with van der Waals surface area (Å²) >= 11 is 0. The first-order chi connectivity index (χ1) is 14.0. The number of carbonyl (C=O) groups excluding carboxylic acids is 2. The van der Waals surface area contributed by atoms with Gasteiger partial charge in [0.05, 0.1) is 5.92 Å². The van der Waals surface area contributed by atoms with Crippen molar-refractivity contribution in [2.45, 2.75) is 51.5 Å². The molecule has 6 heteroatoms. The molecule has 0 unspecified atom stereocenters. The second-order valence-corrected chi connectivity index (χ2v) is 8.47. The summed E-state index contributed by atoms with van der Waals surface area (Å²) in [4.78, 5) is 31.2. The Morgan fingerprint density at radius 1 is 1.17 bits per heavy atom. The van der Waals surface area contributed by atoms with Crippen molar-refractivity contribution in [3.05, 3.63) is 35.6 Å². The second kappa shape index (κ2) is 10.7. The van der Waals surface area contributed by atoms with Crippen molar-refractivity contribution in [3.63, 3.8) is 0 Å². The van der Waals surface area contributed by atoms with Gasteiger partial charge in [-0.15, -0.1) is 0 Å². The van der Waals surface area contributed by atoms with Gasteiger partial charge in [0.2, 0.25) is 11.8 Å². The molecule has 2 aliphatic heterocycles. The first-order valence-corrected chi connectivity index (χ1v) is 11.0. The molecule has 0 N–H and O–H groups in total. The number of amides is 2. The zero-order chi connectivity index (χ0) is 20.6. The summed E-state index contributed by atoms with van der Waals surface area (Å²) < 4.78 is 14.0. The molecule has 2 fully saturated rings. The molecule has 2 aliphatic rings. The van der Waals surface area contributed by atoms with Gasteiger partial charge in [-0.1, -0.05) is 31.0 Å². The standard InChI is InChI=1S/C23H34FN3O2/c1-25(13-8-16-26-14-6-2-3-7-15-26)23(29)20-11-12-22(28)27(18-20)17-19-9-4-5-10-21(19)24/h4-5,9-10,20H,2-3,6-8,11-18H2,1H3/t20-/m1/s1. The van der Waals surface area contributed by atoms with Gasteiger partial charge in [0.25, 0.3) is 0 Å². The predicted molar refractivity (Wildman–Crippen MR) is 112 cm³/mol. The Balaban J connectivity index is 1.47. The van der Waals surface area contributed by atoms with Crippen LogP contribution >= 0.6 is 0 Å². The van der Waals surface area contributed by atoms with Crippen LogP contribution in [-0.2, 0) is 16.1 Å². The van der Waals surface area contributed by atoms with Crippen molar-refractivity contribution in [3.8, 4) is 0 Å². The lowest BCUT2D eigenvalue weighted by Crippen LogP contribution is -2.46. The molecule has 29 heavy (non-hydrogen) atoms. The van der Waals surface area contributed by atoms with Crippen LogP contribution < -0.4 is 0 Å². The Morgan fingerprint density at radius 2 is 1.90 bits per heavy atom. The molecule has 0 radical (unpaired) electrons. The molecule has 0 aromatic heterocycles. The number of nitrogens with zero attached hydrogens (tertiary/aromatic N) is 3. The minimum atomic E-state index is -0.306. The summed E-state index contributed by atoms with van der Waals surface area (Å²) in [6.45, 7) is 4.74. The average molecular weight is 404 g/mol. The minimum Gasteiger partial charge on any atom is -0.345 e. The van der Waals surface area contributed by atoms with Gasteiger partial charge in [-0.05, 0) is 51.4 Å². The lowest BCUT2D eigenvalue weighted by molar-refractivity contribution is -0.142. The molecule has 0 saturated carbocycles. The van der Waals surface area contributed by atoms with Gasteiger partial charge in [-0.25, -0.2) is 4.39 Å². The molecular formula is C23H34FN3O2. The second-order valence-electron chi connectivity index (χ2n) is 8.47. The van der Waals surface area contributed by atoms with Gasteiger partial charge in [-0.2, -0.15) is 0 Å². The van der Waals surface area contributed by atoms with E-state index in [-0.39, 0.29) is 30.1 Å². The predicted octanol–water partition coefficient (Wildman–Crippen LogP) is 3.29. The van der Waals surface area contributed by atoms with Crippen LogP contribution in [-0.4, -0.2) is 66.3 Å². The molecule has 2 amide bonds. The molecule has 3 rings (SSSR count). The van der Waals surface area contributed by atoms with E-state index in [1.807, 2.05) is 11.9 Å². The molecule has 1 atom stereocenters. The maximum Gasteiger partial charge on any atom is 0.227 e. The SMILES string of the molecule is CN(CCCN1CCCCCC1)C(=O)[C@@H]1CCC(=O)N(Cc2ccccc2F)C1. The average Bonchev–Trinajstić information content (AvgIpc) is 2.99. The van der Waals surface area contributed by atoms with Gasteiger partial charge in [-0.3, -0.25) is 9.59 Å². The molecular weight excluding hydrogens is 369 g/mol. The fraction of sp³-hybridized carbons (Fsp3) is 0.652. The molecule has 0 spiro atoms. The fourth-order valence-electron chi connectivity index (χ4n) is 4.41. The molecule has 2 saturated heterocycles. The zero-order valence-electron chi connectivity index (χ0n) is 17.6. The number of piperidine rings is 1. The maximum atomic E-state index is 14.0. The van der Waals surface area contributed by atoms with E-state index in [2.05, 4.69) is 4.90 Å². The largest absolute Gasteiger partial charge is 0.345 e. The smallest absolute Gasteiger partial charge is 0.227 e. The number of rotatable bonds is 7. The minimum absolute atomic E-state index is 0.00104. The number of hydrogen-bond donors (Lipinski definition) is 0. The van der Waals surface area contributed by atoms with E-state index in [9.17, 15) is 14.0 Å². The molecule has 1 aromatic carbocycles. The first kappa shape index (κ1) is 21.8. The lowest BCUT2D eigenvalue weighted by Gasteiger charge is -2.34. The van der Waals surface area contributed by atoms with Crippen LogP contribution in [0.25, 0.3) is 0 Å². The Morgan fingerprint density at radius 3 is 2.62 bits per heavy atom. The van der Waals surface area contributed by atoms with E-state index >= 15 is 0 Å². The van der Waals surface area contributed by atoms with Gasteiger partial charge in [0, 0.05) is 38.7 Å². The van der Waals surface area contributed by atoms with Crippen LogP contribution in [0.2, 0.25) is 0 Å². The number of likely N-dealkylation sites (tertiary alicyclic amines) is 2. The zero-order valence-corrected chi connectivity index (χ0v) is 17.6. The summed E-state index contributed by atoms with van der Waals surface area (Å²) in [5.74, 6) is -0.393. The molecule has 0 bridgehead atoms. The van der Waals surface area contributed by atoms with Gasteiger partial charge in [0.15, 0.2) is 0 Å². The van der Waals surface area contributed by atoms with Gasteiger partial charge < -0.3 is 14.7 Å². The molecule has 0 aliphatic carbocycles. The van der Waals surface area contributed by atoms with Crippen molar-refractivity contribution in [2.75, 3.05) is 39.8 Å². The summed E-state index contributed by atoms with van der Waals surface area (Å²) in [7, 11) is 1.86. The summed E-state index contributed by atoms with van der Waals surface area (Å²) in [6, 6.07) is 6.52. The van der Waals surface area contributed by atoms with E-state index < -0.39 is 0 Å². The topological polar surface area (TPSA) is 43.9 Å². The Hall–Kier alpha value is -1.95. The molecule has 160 valence electrons. The Bertz CT molecular complexity index is 688. The van der Waals surface area contributed by atoms with Crippen molar-refractivity contribution in [2.24, 2.45) is 5.92 Å². The van der Waals surface area contributed by atoms with Crippen LogP contribution in [0.3, 0.4) is 0 Å². The highest BCUT2D eigenvalue weighted by Crippen LogP contribution is 2.22. The van der Waals surface area contributed by atoms with Crippen molar-refractivity contribution in [1.29, 1.82) is 0 Å². The van der Waals surface area contributed by atoms with Crippen LogP contribution in [0.1, 0.15) is 50.5 Å². The monoisotopic (exact) mass is 403 g/mol. The highest BCUT2D eigenvalue weighted by molar-refractivity contribution is 5.83. The first-order valence-electron chi connectivity index (χ1n) is 11.0. The van der Waals surface area contributed by atoms with Gasteiger partial charge >= 0.3 is 0 Å². The van der Waals surface area contributed by atoms with Crippen LogP contribution in [0.15, 0.2) is 24.3 Å². The number of benzene rings is 1. The van der Waals surface area contributed by atoms with E-state index in [1.165, 1.54) is 44.8 Å². The van der Waals surface area contributed by atoms with Crippen molar-refractivity contribution >= 4 is 11.8 Å². The number of hydrogen-bond acceptors (Lipinski definition) is 3. The van der Waals surface area contributed by atoms with Crippen LogP contribution in [0, 0.1) is 11.7 Å². The van der Waals surface area contributed by atoms with Gasteiger partial charge in [0.1, 0.15) is 5.82 Å². The van der Waals surface area contributed by atoms with E-state index in [1.54, 1.807) is 23.1 Å².